The maximum Gasteiger partial charge on any atom is 0.269 e. The molecule has 29 heavy (non-hydrogen) atoms. The van der Waals surface area contributed by atoms with Gasteiger partial charge in [-0.15, -0.1) is 0 Å². The Kier molecular flexibility index (Phi) is 6.04. The number of carbonyl (C=O) groups is 1. The maximum absolute atomic E-state index is 13.1. The Morgan fingerprint density at radius 3 is 2.52 bits per heavy atom. The number of benzene rings is 2. The standard InChI is InChI=1S/C20H16ClFN4O3/c1-13-18(20(21)25(24-13)16-8-4-15(22)5-9-16)10-11-19(27)23-12-14-2-6-17(7-3-14)26(28)29/h2-11H,12H2,1H3,(H,23,27)/b11-10+. The lowest BCUT2D eigenvalue weighted by Gasteiger charge is -2.03. The van der Waals surface area contributed by atoms with E-state index in [2.05, 4.69) is 10.4 Å². The Hall–Kier alpha value is -3.52. The number of hydrogen-bond donors (Lipinski definition) is 1. The number of amides is 1. The summed E-state index contributed by atoms with van der Waals surface area (Å²) in [5, 5.41) is 18.0. The van der Waals surface area contributed by atoms with Crippen molar-refractivity contribution in [2.24, 2.45) is 0 Å². The maximum atomic E-state index is 13.1. The van der Waals surface area contributed by atoms with Crippen LogP contribution in [0.25, 0.3) is 11.8 Å². The van der Waals surface area contributed by atoms with E-state index in [1.165, 1.54) is 35.0 Å². The molecule has 0 radical (unpaired) electrons. The molecule has 3 rings (SSSR count). The zero-order valence-electron chi connectivity index (χ0n) is 15.3. The van der Waals surface area contributed by atoms with E-state index in [4.69, 9.17) is 11.6 Å². The van der Waals surface area contributed by atoms with Crippen LogP contribution in [0.4, 0.5) is 10.1 Å². The van der Waals surface area contributed by atoms with Gasteiger partial charge in [-0.2, -0.15) is 5.10 Å². The van der Waals surface area contributed by atoms with Gasteiger partial charge in [-0.25, -0.2) is 9.07 Å². The summed E-state index contributed by atoms with van der Waals surface area (Å²) in [4.78, 5) is 22.3. The highest BCUT2D eigenvalue weighted by atomic mass is 35.5. The van der Waals surface area contributed by atoms with Gasteiger partial charge in [0.15, 0.2) is 0 Å². The van der Waals surface area contributed by atoms with Gasteiger partial charge in [0.2, 0.25) is 5.91 Å². The molecule has 1 N–H and O–H groups in total. The molecule has 3 aromatic rings. The molecule has 0 saturated heterocycles. The quantitative estimate of drug-likeness (QED) is 0.371. The fraction of sp³-hybridized carbons (Fsp3) is 0.100. The van der Waals surface area contributed by atoms with Crippen molar-refractivity contribution < 1.29 is 14.1 Å². The number of nitrogens with zero attached hydrogens (tertiary/aromatic N) is 3. The predicted molar refractivity (Wildman–Crippen MR) is 107 cm³/mol. The molecule has 1 heterocycles. The highest BCUT2D eigenvalue weighted by Gasteiger charge is 2.13. The van der Waals surface area contributed by atoms with Crippen molar-refractivity contribution in [1.29, 1.82) is 0 Å². The third kappa shape index (κ3) is 4.85. The van der Waals surface area contributed by atoms with Crippen LogP contribution in [0.2, 0.25) is 5.15 Å². The minimum atomic E-state index is -0.483. The number of nitro benzene ring substituents is 1. The van der Waals surface area contributed by atoms with Gasteiger partial charge in [0, 0.05) is 30.3 Å². The van der Waals surface area contributed by atoms with Crippen LogP contribution in [0.3, 0.4) is 0 Å². The van der Waals surface area contributed by atoms with Gasteiger partial charge < -0.3 is 5.32 Å². The second-order valence-electron chi connectivity index (χ2n) is 6.15. The fourth-order valence-corrected chi connectivity index (χ4v) is 2.93. The second-order valence-corrected chi connectivity index (χ2v) is 6.51. The van der Waals surface area contributed by atoms with Crippen LogP contribution in [0.1, 0.15) is 16.8 Å². The molecule has 1 aromatic heterocycles. The highest BCUT2D eigenvalue weighted by Crippen LogP contribution is 2.24. The zero-order chi connectivity index (χ0) is 21.0. The number of non-ortho nitro benzene ring substituents is 1. The molecule has 9 heteroatoms. The monoisotopic (exact) mass is 414 g/mol. The third-order valence-corrected chi connectivity index (χ3v) is 4.50. The van der Waals surface area contributed by atoms with E-state index < -0.39 is 4.92 Å². The van der Waals surface area contributed by atoms with Gasteiger partial charge in [-0.3, -0.25) is 14.9 Å². The molecule has 0 saturated carbocycles. The van der Waals surface area contributed by atoms with Crippen LogP contribution in [-0.4, -0.2) is 20.6 Å². The number of hydrogen-bond acceptors (Lipinski definition) is 4. The largest absolute Gasteiger partial charge is 0.348 e. The summed E-state index contributed by atoms with van der Waals surface area (Å²) in [6.45, 7) is 1.98. The van der Waals surface area contributed by atoms with E-state index >= 15 is 0 Å². The van der Waals surface area contributed by atoms with Crippen molar-refractivity contribution in [3.8, 4) is 5.69 Å². The van der Waals surface area contributed by atoms with Crippen LogP contribution < -0.4 is 5.32 Å². The first-order valence-electron chi connectivity index (χ1n) is 8.55. The molecule has 0 unspecified atom stereocenters. The molecule has 0 bridgehead atoms. The lowest BCUT2D eigenvalue weighted by molar-refractivity contribution is -0.384. The Morgan fingerprint density at radius 2 is 1.90 bits per heavy atom. The summed E-state index contributed by atoms with van der Waals surface area (Å²) in [5.41, 5.74) is 2.50. The van der Waals surface area contributed by atoms with Crippen LogP contribution in [0.5, 0.6) is 0 Å². The van der Waals surface area contributed by atoms with Crippen molar-refractivity contribution in [2.45, 2.75) is 13.5 Å². The van der Waals surface area contributed by atoms with Crippen LogP contribution in [-0.2, 0) is 11.3 Å². The lowest BCUT2D eigenvalue weighted by atomic mass is 10.2. The van der Waals surface area contributed by atoms with Crippen LogP contribution in [0.15, 0.2) is 54.6 Å². The van der Waals surface area contributed by atoms with Gasteiger partial charge >= 0.3 is 0 Å². The molecule has 0 fully saturated rings. The van der Waals surface area contributed by atoms with E-state index in [0.29, 0.717) is 22.1 Å². The third-order valence-electron chi connectivity index (χ3n) is 4.13. The van der Waals surface area contributed by atoms with Crippen molar-refractivity contribution in [1.82, 2.24) is 15.1 Å². The molecule has 0 aliphatic heterocycles. The van der Waals surface area contributed by atoms with Gasteiger partial charge in [-0.05, 0) is 42.8 Å². The number of nitrogens with one attached hydrogen (secondary N) is 1. The topological polar surface area (TPSA) is 90.1 Å². The molecule has 7 nitrogen and oxygen atoms in total. The summed E-state index contributed by atoms with van der Waals surface area (Å²) < 4.78 is 14.6. The van der Waals surface area contributed by atoms with Crippen LogP contribution in [0, 0.1) is 22.9 Å². The number of aryl methyl sites for hydroxylation is 1. The number of halogens is 2. The minimum Gasteiger partial charge on any atom is -0.348 e. The first-order valence-corrected chi connectivity index (χ1v) is 8.93. The molecule has 0 atom stereocenters. The summed E-state index contributed by atoms with van der Waals surface area (Å²) in [6, 6.07) is 11.6. The lowest BCUT2D eigenvalue weighted by Crippen LogP contribution is -2.20. The number of nitro groups is 1. The smallest absolute Gasteiger partial charge is 0.269 e. The molecular formula is C20H16ClFN4O3. The normalized spacial score (nSPS) is 11.0. The predicted octanol–water partition coefficient (Wildman–Crippen LogP) is 4.21. The molecule has 1 amide bonds. The number of aromatic nitrogens is 2. The van der Waals surface area contributed by atoms with Gasteiger partial charge in [0.1, 0.15) is 11.0 Å². The zero-order valence-corrected chi connectivity index (χ0v) is 16.1. The minimum absolute atomic E-state index is 0.0109. The Labute approximate surface area is 170 Å². The summed E-state index contributed by atoms with van der Waals surface area (Å²) in [6.07, 6.45) is 2.88. The van der Waals surface area contributed by atoms with E-state index in [-0.39, 0.29) is 24.0 Å². The average Bonchev–Trinajstić information content (AvgIpc) is 2.99. The first-order chi connectivity index (χ1) is 13.8. The Morgan fingerprint density at radius 1 is 1.24 bits per heavy atom. The van der Waals surface area contributed by atoms with Gasteiger partial charge in [-0.1, -0.05) is 23.7 Å². The van der Waals surface area contributed by atoms with E-state index in [9.17, 15) is 19.3 Å². The van der Waals surface area contributed by atoms with Gasteiger partial charge in [0.25, 0.3) is 5.69 Å². The summed E-state index contributed by atoms with van der Waals surface area (Å²) in [5.74, 6) is -0.716. The Balaban J connectivity index is 1.67. The molecule has 0 aliphatic carbocycles. The molecule has 0 spiro atoms. The van der Waals surface area contributed by atoms with Gasteiger partial charge in [0.05, 0.1) is 16.3 Å². The summed E-state index contributed by atoms with van der Waals surface area (Å²) >= 11 is 6.37. The Bertz CT molecular complexity index is 1080. The van der Waals surface area contributed by atoms with Crippen molar-refractivity contribution in [3.05, 3.63) is 92.5 Å². The molecule has 2 aromatic carbocycles. The van der Waals surface area contributed by atoms with E-state index in [1.54, 1.807) is 37.3 Å². The number of carbonyl (C=O) groups excluding carboxylic acids is 1. The first kappa shape index (κ1) is 20.2. The summed E-state index contributed by atoms with van der Waals surface area (Å²) in [7, 11) is 0. The molecular weight excluding hydrogens is 399 g/mol. The highest BCUT2D eigenvalue weighted by molar-refractivity contribution is 6.31. The second kappa shape index (κ2) is 8.66. The van der Waals surface area contributed by atoms with Crippen molar-refractivity contribution in [3.63, 3.8) is 0 Å². The van der Waals surface area contributed by atoms with Crippen molar-refractivity contribution >= 4 is 29.3 Å². The van der Waals surface area contributed by atoms with Crippen LogP contribution >= 0.6 is 11.6 Å². The molecule has 148 valence electrons. The van der Waals surface area contributed by atoms with E-state index in [0.717, 1.165) is 5.56 Å². The average molecular weight is 415 g/mol. The number of rotatable bonds is 6. The van der Waals surface area contributed by atoms with E-state index in [1.807, 2.05) is 0 Å². The van der Waals surface area contributed by atoms with Crippen molar-refractivity contribution in [2.75, 3.05) is 0 Å². The SMILES string of the molecule is Cc1nn(-c2ccc(F)cc2)c(Cl)c1/C=C/C(=O)NCc1ccc([N+](=O)[O-])cc1. The molecule has 0 aliphatic rings. The fourth-order valence-electron chi connectivity index (χ4n) is 2.60.